The smallest absolute Gasteiger partial charge is 0.243 e. The van der Waals surface area contributed by atoms with Gasteiger partial charge in [-0.2, -0.15) is 0 Å². The number of carbonyl (C=O) groups is 2. The van der Waals surface area contributed by atoms with Crippen LogP contribution < -0.4 is 5.32 Å². The van der Waals surface area contributed by atoms with Gasteiger partial charge in [-0.15, -0.1) is 0 Å². The van der Waals surface area contributed by atoms with Gasteiger partial charge in [-0.05, 0) is 43.2 Å². The van der Waals surface area contributed by atoms with E-state index in [1.54, 1.807) is 4.90 Å². The van der Waals surface area contributed by atoms with Gasteiger partial charge in [0, 0.05) is 18.5 Å². The number of carbonyl (C=O) groups excluding carboxylic acids is 2. The van der Waals surface area contributed by atoms with E-state index in [9.17, 15) is 9.59 Å². The molecular formula is C19H26N2O2. The number of aryl methyl sites for hydroxylation is 1. The zero-order valence-electron chi connectivity index (χ0n) is 14.0. The van der Waals surface area contributed by atoms with Gasteiger partial charge in [0.1, 0.15) is 6.04 Å². The Morgan fingerprint density at radius 3 is 2.65 bits per heavy atom. The Balaban J connectivity index is 1.62. The molecule has 124 valence electrons. The lowest BCUT2D eigenvalue weighted by atomic mass is 9.88. The van der Waals surface area contributed by atoms with Gasteiger partial charge in [0.2, 0.25) is 11.8 Å². The van der Waals surface area contributed by atoms with Crippen LogP contribution in [-0.4, -0.2) is 35.3 Å². The molecule has 23 heavy (non-hydrogen) atoms. The minimum atomic E-state index is -0.276. The number of nitrogens with zero attached hydrogens (tertiary/aromatic N) is 1. The molecule has 2 atom stereocenters. The van der Waals surface area contributed by atoms with Crippen molar-refractivity contribution in [2.75, 3.05) is 6.54 Å². The highest BCUT2D eigenvalue weighted by atomic mass is 16.2. The summed E-state index contributed by atoms with van der Waals surface area (Å²) in [7, 11) is 0. The lowest BCUT2D eigenvalue weighted by Gasteiger charge is -2.30. The van der Waals surface area contributed by atoms with Crippen molar-refractivity contribution in [2.45, 2.75) is 58.0 Å². The fourth-order valence-electron chi connectivity index (χ4n) is 3.75. The Labute approximate surface area is 138 Å². The highest BCUT2D eigenvalue weighted by Crippen LogP contribution is 2.23. The van der Waals surface area contributed by atoms with E-state index in [0.717, 1.165) is 32.1 Å². The molecule has 1 saturated heterocycles. The quantitative estimate of drug-likeness (QED) is 0.931. The van der Waals surface area contributed by atoms with Gasteiger partial charge < -0.3 is 10.2 Å². The first kappa shape index (κ1) is 16.0. The Bertz CT molecular complexity index is 597. The number of likely N-dealkylation sites (tertiary alicyclic amines) is 1. The molecule has 0 spiro atoms. The normalized spacial score (nSPS) is 23.7. The van der Waals surface area contributed by atoms with Gasteiger partial charge in [-0.3, -0.25) is 9.59 Å². The highest BCUT2D eigenvalue weighted by molar-refractivity contribution is 5.89. The maximum absolute atomic E-state index is 12.7. The first-order chi connectivity index (χ1) is 11.1. The first-order valence-corrected chi connectivity index (χ1v) is 8.74. The van der Waals surface area contributed by atoms with E-state index in [2.05, 4.69) is 29.6 Å². The Morgan fingerprint density at radius 1 is 1.17 bits per heavy atom. The molecule has 2 amide bonds. The average Bonchev–Trinajstić information content (AvgIpc) is 3.03. The largest absolute Gasteiger partial charge is 0.351 e. The van der Waals surface area contributed by atoms with Crippen LogP contribution in [0, 0.1) is 5.92 Å². The summed E-state index contributed by atoms with van der Waals surface area (Å²) in [6, 6.07) is 8.37. The van der Waals surface area contributed by atoms with Gasteiger partial charge in [0.25, 0.3) is 0 Å². The second-order valence-electron chi connectivity index (χ2n) is 7.06. The number of amides is 2. The van der Waals surface area contributed by atoms with Gasteiger partial charge in [0.05, 0.1) is 0 Å². The van der Waals surface area contributed by atoms with Gasteiger partial charge in [0.15, 0.2) is 0 Å². The number of hydrogen-bond acceptors (Lipinski definition) is 2. The second-order valence-corrected chi connectivity index (χ2v) is 7.06. The third kappa shape index (κ3) is 3.41. The molecule has 0 bridgehead atoms. The molecule has 0 radical (unpaired) electrons. The molecular weight excluding hydrogens is 288 g/mol. The van der Waals surface area contributed by atoms with Crippen LogP contribution in [0.1, 0.15) is 44.2 Å². The molecule has 1 aromatic carbocycles. The van der Waals surface area contributed by atoms with Crippen LogP contribution in [0.5, 0.6) is 0 Å². The molecule has 3 rings (SSSR count). The van der Waals surface area contributed by atoms with Crippen LogP contribution in [-0.2, 0) is 22.4 Å². The summed E-state index contributed by atoms with van der Waals surface area (Å²) in [6.07, 6.45) is 4.60. The van der Waals surface area contributed by atoms with Crippen LogP contribution in [0.4, 0.5) is 0 Å². The third-order valence-electron chi connectivity index (χ3n) is 5.03. The molecule has 1 aliphatic heterocycles. The standard InChI is InChI=1S/C19H26N2O2/c1-13(2)19(23)21-11-5-8-17(21)18(22)20-16-10-9-14-6-3-4-7-15(14)12-16/h3-4,6-7,13,16-17H,5,8-12H2,1-2H3,(H,20,22). The summed E-state index contributed by atoms with van der Waals surface area (Å²) in [5.74, 6) is 0.0717. The van der Waals surface area contributed by atoms with E-state index in [4.69, 9.17) is 0 Å². The van der Waals surface area contributed by atoms with Crippen molar-refractivity contribution in [3.05, 3.63) is 35.4 Å². The van der Waals surface area contributed by atoms with Crippen molar-refractivity contribution < 1.29 is 9.59 Å². The first-order valence-electron chi connectivity index (χ1n) is 8.74. The van der Waals surface area contributed by atoms with Crippen LogP contribution >= 0.6 is 0 Å². The molecule has 1 fully saturated rings. The van der Waals surface area contributed by atoms with Crippen molar-refractivity contribution in [3.63, 3.8) is 0 Å². The van der Waals surface area contributed by atoms with E-state index in [-0.39, 0.29) is 29.8 Å². The van der Waals surface area contributed by atoms with Crippen LogP contribution in [0.3, 0.4) is 0 Å². The van der Waals surface area contributed by atoms with Gasteiger partial charge >= 0.3 is 0 Å². The maximum Gasteiger partial charge on any atom is 0.243 e. The van der Waals surface area contributed by atoms with E-state index < -0.39 is 0 Å². The molecule has 0 saturated carbocycles. The Morgan fingerprint density at radius 2 is 1.91 bits per heavy atom. The molecule has 1 aliphatic carbocycles. The zero-order valence-corrected chi connectivity index (χ0v) is 14.0. The topological polar surface area (TPSA) is 49.4 Å². The van der Waals surface area contributed by atoms with Crippen molar-refractivity contribution in [1.29, 1.82) is 0 Å². The molecule has 2 unspecified atom stereocenters. The van der Waals surface area contributed by atoms with Gasteiger partial charge in [-0.25, -0.2) is 0 Å². The Kier molecular flexibility index (Phi) is 4.69. The summed E-state index contributed by atoms with van der Waals surface area (Å²) in [4.78, 5) is 26.7. The lowest BCUT2D eigenvalue weighted by molar-refractivity contribution is -0.141. The van der Waals surface area contributed by atoms with E-state index >= 15 is 0 Å². The van der Waals surface area contributed by atoms with E-state index in [1.165, 1.54) is 11.1 Å². The summed E-state index contributed by atoms with van der Waals surface area (Å²) in [5, 5.41) is 3.19. The zero-order chi connectivity index (χ0) is 16.4. The fourth-order valence-corrected chi connectivity index (χ4v) is 3.75. The molecule has 1 N–H and O–H groups in total. The van der Waals surface area contributed by atoms with Crippen LogP contribution in [0.25, 0.3) is 0 Å². The number of fused-ring (bicyclic) bond motifs is 1. The van der Waals surface area contributed by atoms with Crippen LogP contribution in [0.2, 0.25) is 0 Å². The predicted octanol–water partition coefficient (Wildman–Crippen LogP) is 2.31. The third-order valence-corrected chi connectivity index (χ3v) is 5.03. The SMILES string of the molecule is CC(C)C(=O)N1CCCC1C(=O)NC1CCc2ccccc2C1. The number of rotatable bonds is 3. The highest BCUT2D eigenvalue weighted by Gasteiger charge is 2.35. The summed E-state index contributed by atoms with van der Waals surface area (Å²) in [5.41, 5.74) is 2.74. The second kappa shape index (κ2) is 6.73. The van der Waals surface area contributed by atoms with Crippen molar-refractivity contribution in [3.8, 4) is 0 Å². The average molecular weight is 314 g/mol. The molecule has 2 aliphatic rings. The van der Waals surface area contributed by atoms with Crippen LogP contribution in [0.15, 0.2) is 24.3 Å². The fraction of sp³-hybridized carbons (Fsp3) is 0.579. The van der Waals surface area contributed by atoms with Crippen molar-refractivity contribution in [2.24, 2.45) is 5.92 Å². The molecule has 0 aromatic heterocycles. The molecule has 1 heterocycles. The summed E-state index contributed by atoms with van der Waals surface area (Å²) < 4.78 is 0. The van der Waals surface area contributed by atoms with Crippen molar-refractivity contribution >= 4 is 11.8 Å². The molecule has 4 heteroatoms. The monoisotopic (exact) mass is 314 g/mol. The van der Waals surface area contributed by atoms with Gasteiger partial charge in [-0.1, -0.05) is 38.1 Å². The Hall–Kier alpha value is -1.84. The predicted molar refractivity (Wildman–Crippen MR) is 90.0 cm³/mol. The molecule has 4 nitrogen and oxygen atoms in total. The minimum absolute atomic E-state index is 0.0286. The number of benzene rings is 1. The van der Waals surface area contributed by atoms with E-state index in [0.29, 0.717) is 6.54 Å². The summed E-state index contributed by atoms with van der Waals surface area (Å²) >= 11 is 0. The molecule has 1 aromatic rings. The minimum Gasteiger partial charge on any atom is -0.351 e. The lowest BCUT2D eigenvalue weighted by Crippen LogP contribution is -2.50. The van der Waals surface area contributed by atoms with Crippen molar-refractivity contribution in [1.82, 2.24) is 10.2 Å². The number of nitrogens with one attached hydrogen (secondary N) is 1. The number of hydrogen-bond donors (Lipinski definition) is 1. The maximum atomic E-state index is 12.7. The summed E-state index contributed by atoms with van der Waals surface area (Å²) in [6.45, 7) is 4.50. The van der Waals surface area contributed by atoms with E-state index in [1.807, 2.05) is 13.8 Å².